The van der Waals surface area contributed by atoms with Crippen molar-refractivity contribution < 1.29 is 34.1 Å². The van der Waals surface area contributed by atoms with Crippen LogP contribution in [0.15, 0.2) is 0 Å². The SMILES string of the molecule is CCC(C)(CC)OC(=O)CC(CC(=O)O)(OC)C(=O)O. The van der Waals surface area contributed by atoms with Crippen LogP contribution >= 0.6 is 0 Å². The van der Waals surface area contributed by atoms with Gasteiger partial charge in [0.1, 0.15) is 5.60 Å². The normalized spacial score (nSPS) is 14.4. The number of rotatable bonds is 9. The third-order valence-corrected chi connectivity index (χ3v) is 3.50. The summed E-state index contributed by atoms with van der Waals surface area (Å²) in [5.74, 6) is -3.66. The summed E-state index contributed by atoms with van der Waals surface area (Å²) < 4.78 is 10.0. The molecule has 116 valence electrons. The second kappa shape index (κ2) is 7.23. The first kappa shape index (κ1) is 18.4. The van der Waals surface area contributed by atoms with Gasteiger partial charge in [-0.05, 0) is 19.8 Å². The fraction of sp³-hybridized carbons (Fsp3) is 0.769. The van der Waals surface area contributed by atoms with Crippen LogP contribution in [0.3, 0.4) is 0 Å². The van der Waals surface area contributed by atoms with E-state index in [1.807, 2.05) is 13.8 Å². The second-order valence-electron chi connectivity index (χ2n) is 4.88. The van der Waals surface area contributed by atoms with Crippen LogP contribution in [0, 0.1) is 0 Å². The van der Waals surface area contributed by atoms with Crippen molar-refractivity contribution in [1.82, 2.24) is 0 Å². The summed E-state index contributed by atoms with van der Waals surface area (Å²) in [5.41, 5.74) is -2.80. The third-order valence-electron chi connectivity index (χ3n) is 3.50. The van der Waals surface area contributed by atoms with E-state index in [1.165, 1.54) is 0 Å². The molecule has 0 aromatic rings. The number of hydrogen-bond donors (Lipinski definition) is 2. The van der Waals surface area contributed by atoms with Gasteiger partial charge in [0.15, 0.2) is 5.60 Å². The average Bonchev–Trinajstić information content (AvgIpc) is 2.36. The van der Waals surface area contributed by atoms with Gasteiger partial charge in [0.2, 0.25) is 0 Å². The molecule has 7 heteroatoms. The van der Waals surface area contributed by atoms with E-state index < -0.39 is 42.0 Å². The summed E-state index contributed by atoms with van der Waals surface area (Å²) in [6.07, 6.45) is -0.327. The highest BCUT2D eigenvalue weighted by Crippen LogP contribution is 2.25. The van der Waals surface area contributed by atoms with Crippen molar-refractivity contribution in [3.63, 3.8) is 0 Å². The minimum Gasteiger partial charge on any atom is -0.481 e. The van der Waals surface area contributed by atoms with Crippen LogP contribution in [0.1, 0.15) is 46.5 Å². The Kier molecular flexibility index (Phi) is 6.64. The minimum absolute atomic E-state index is 0.571. The van der Waals surface area contributed by atoms with E-state index >= 15 is 0 Å². The maximum Gasteiger partial charge on any atom is 0.337 e. The number of hydrogen-bond acceptors (Lipinski definition) is 5. The van der Waals surface area contributed by atoms with Crippen molar-refractivity contribution in [2.45, 2.75) is 57.7 Å². The van der Waals surface area contributed by atoms with Crippen LogP contribution < -0.4 is 0 Å². The first-order chi connectivity index (χ1) is 9.14. The van der Waals surface area contributed by atoms with Crippen molar-refractivity contribution >= 4 is 17.9 Å². The molecule has 0 fully saturated rings. The average molecular weight is 290 g/mol. The molecule has 0 spiro atoms. The highest BCUT2D eigenvalue weighted by Gasteiger charge is 2.44. The maximum absolute atomic E-state index is 11.9. The molecule has 1 unspecified atom stereocenters. The van der Waals surface area contributed by atoms with Gasteiger partial charge in [0, 0.05) is 7.11 Å². The van der Waals surface area contributed by atoms with Gasteiger partial charge in [-0.25, -0.2) is 4.79 Å². The number of carboxylic acid groups (broad SMARTS) is 2. The summed E-state index contributed by atoms with van der Waals surface area (Å²) in [6.45, 7) is 5.42. The molecule has 1 atom stereocenters. The Morgan fingerprint density at radius 1 is 1.05 bits per heavy atom. The Morgan fingerprint density at radius 3 is 1.85 bits per heavy atom. The number of aliphatic carboxylic acids is 2. The van der Waals surface area contributed by atoms with E-state index in [0.29, 0.717) is 12.8 Å². The fourth-order valence-corrected chi connectivity index (χ4v) is 1.63. The molecule has 0 heterocycles. The Labute approximate surface area is 117 Å². The third kappa shape index (κ3) is 4.80. The lowest BCUT2D eigenvalue weighted by molar-refractivity contribution is -0.181. The number of carbonyl (C=O) groups excluding carboxylic acids is 1. The highest BCUT2D eigenvalue weighted by atomic mass is 16.6. The predicted molar refractivity (Wildman–Crippen MR) is 69.3 cm³/mol. The van der Waals surface area contributed by atoms with Crippen molar-refractivity contribution in [3.8, 4) is 0 Å². The first-order valence-corrected chi connectivity index (χ1v) is 6.37. The molecule has 0 aliphatic rings. The quantitative estimate of drug-likeness (QED) is 0.618. The van der Waals surface area contributed by atoms with Crippen molar-refractivity contribution in [2.75, 3.05) is 7.11 Å². The molecule has 20 heavy (non-hydrogen) atoms. The standard InChI is InChI=1S/C13H22O7/c1-5-12(3,6-2)20-10(16)8-13(19-4,11(17)18)7-9(14)15/h5-8H2,1-4H3,(H,14,15)(H,17,18). The zero-order valence-electron chi connectivity index (χ0n) is 12.3. The lowest BCUT2D eigenvalue weighted by atomic mass is 9.94. The molecular weight excluding hydrogens is 268 g/mol. The second-order valence-corrected chi connectivity index (χ2v) is 4.88. The van der Waals surface area contributed by atoms with Crippen LogP contribution in [-0.4, -0.2) is 46.4 Å². The lowest BCUT2D eigenvalue weighted by Gasteiger charge is -2.30. The van der Waals surface area contributed by atoms with E-state index in [2.05, 4.69) is 0 Å². The van der Waals surface area contributed by atoms with Gasteiger partial charge in [-0.3, -0.25) is 9.59 Å². The molecular formula is C13H22O7. The summed E-state index contributed by atoms with van der Waals surface area (Å²) in [7, 11) is 1.06. The van der Waals surface area contributed by atoms with Crippen molar-refractivity contribution in [3.05, 3.63) is 0 Å². The molecule has 0 saturated carbocycles. The summed E-state index contributed by atoms with van der Waals surface area (Å²) in [5, 5.41) is 17.9. The molecule has 0 aliphatic heterocycles. The van der Waals surface area contributed by atoms with Gasteiger partial charge in [-0.15, -0.1) is 0 Å². The van der Waals surface area contributed by atoms with Crippen LogP contribution in [0.5, 0.6) is 0 Å². The zero-order valence-corrected chi connectivity index (χ0v) is 12.3. The Morgan fingerprint density at radius 2 is 1.55 bits per heavy atom. The molecule has 0 bridgehead atoms. The van der Waals surface area contributed by atoms with Gasteiger partial charge >= 0.3 is 17.9 Å². The molecule has 2 N–H and O–H groups in total. The Bertz CT molecular complexity index is 373. The van der Waals surface area contributed by atoms with E-state index in [4.69, 9.17) is 19.7 Å². The number of carboxylic acids is 2. The molecule has 0 aromatic heterocycles. The summed E-state index contributed by atoms with van der Waals surface area (Å²) in [6, 6.07) is 0. The van der Waals surface area contributed by atoms with Crippen molar-refractivity contribution in [2.24, 2.45) is 0 Å². The molecule has 0 saturated heterocycles. The highest BCUT2D eigenvalue weighted by molar-refractivity contribution is 5.89. The van der Waals surface area contributed by atoms with Gasteiger partial charge in [0.25, 0.3) is 0 Å². The number of carbonyl (C=O) groups is 3. The van der Waals surface area contributed by atoms with Gasteiger partial charge in [0.05, 0.1) is 12.8 Å². The van der Waals surface area contributed by atoms with Crippen LogP contribution in [0.2, 0.25) is 0 Å². The van der Waals surface area contributed by atoms with E-state index in [-0.39, 0.29) is 0 Å². The molecule has 0 aromatic carbocycles. The van der Waals surface area contributed by atoms with E-state index in [0.717, 1.165) is 7.11 Å². The summed E-state index contributed by atoms with van der Waals surface area (Å²) in [4.78, 5) is 33.9. The van der Waals surface area contributed by atoms with Crippen LogP contribution in [0.25, 0.3) is 0 Å². The van der Waals surface area contributed by atoms with Gasteiger partial charge < -0.3 is 19.7 Å². The minimum atomic E-state index is -2.11. The maximum atomic E-state index is 11.9. The number of esters is 1. The lowest BCUT2D eigenvalue weighted by Crippen LogP contribution is -2.46. The molecule has 0 aliphatic carbocycles. The van der Waals surface area contributed by atoms with E-state index in [1.54, 1.807) is 6.92 Å². The van der Waals surface area contributed by atoms with Gasteiger partial charge in [-0.2, -0.15) is 0 Å². The molecule has 0 amide bonds. The monoisotopic (exact) mass is 290 g/mol. The Hall–Kier alpha value is -1.63. The molecule has 7 nitrogen and oxygen atoms in total. The van der Waals surface area contributed by atoms with Crippen LogP contribution in [-0.2, 0) is 23.9 Å². The molecule has 0 rings (SSSR count). The van der Waals surface area contributed by atoms with Crippen molar-refractivity contribution in [1.29, 1.82) is 0 Å². The number of ether oxygens (including phenoxy) is 2. The zero-order chi connectivity index (χ0) is 16.0. The largest absolute Gasteiger partial charge is 0.481 e. The predicted octanol–water partition coefficient (Wildman–Crippen LogP) is 1.44. The first-order valence-electron chi connectivity index (χ1n) is 6.37. The Balaban J connectivity index is 5.04. The van der Waals surface area contributed by atoms with Gasteiger partial charge in [-0.1, -0.05) is 13.8 Å². The van der Waals surface area contributed by atoms with Crippen LogP contribution in [0.4, 0.5) is 0 Å². The topological polar surface area (TPSA) is 110 Å². The molecule has 0 radical (unpaired) electrons. The fourth-order valence-electron chi connectivity index (χ4n) is 1.63. The smallest absolute Gasteiger partial charge is 0.337 e. The summed E-state index contributed by atoms with van der Waals surface area (Å²) >= 11 is 0. The number of methoxy groups -OCH3 is 1. The van der Waals surface area contributed by atoms with E-state index in [9.17, 15) is 14.4 Å².